The third kappa shape index (κ3) is 3.04. The van der Waals surface area contributed by atoms with Crippen LogP contribution >= 0.6 is 0 Å². The fourth-order valence-corrected chi connectivity index (χ4v) is 1.57. The summed E-state index contributed by atoms with van der Waals surface area (Å²) >= 11 is 0. The van der Waals surface area contributed by atoms with Crippen LogP contribution in [0.2, 0.25) is 0 Å². The SMILES string of the molecule is CN(C)C(=O)C(O)C(C(N)=O)c1ccccc1. The Morgan fingerprint density at radius 3 is 2.18 bits per heavy atom. The van der Waals surface area contributed by atoms with Crippen molar-refractivity contribution in [2.75, 3.05) is 14.1 Å². The monoisotopic (exact) mass is 236 g/mol. The van der Waals surface area contributed by atoms with Gasteiger partial charge in [0, 0.05) is 14.1 Å². The summed E-state index contributed by atoms with van der Waals surface area (Å²) in [6.07, 6.45) is -1.45. The van der Waals surface area contributed by atoms with Gasteiger partial charge in [0.2, 0.25) is 5.91 Å². The number of carbonyl (C=O) groups excluding carboxylic acids is 2. The fraction of sp³-hybridized carbons (Fsp3) is 0.333. The summed E-state index contributed by atoms with van der Waals surface area (Å²) in [6.45, 7) is 0. The maximum absolute atomic E-state index is 11.6. The molecule has 2 unspecified atom stereocenters. The van der Waals surface area contributed by atoms with Gasteiger partial charge in [-0.25, -0.2) is 0 Å². The molecule has 0 aliphatic heterocycles. The molecule has 0 spiro atoms. The third-order valence-corrected chi connectivity index (χ3v) is 2.47. The highest BCUT2D eigenvalue weighted by Gasteiger charge is 2.32. The van der Waals surface area contributed by atoms with E-state index in [4.69, 9.17) is 5.73 Å². The quantitative estimate of drug-likeness (QED) is 0.753. The van der Waals surface area contributed by atoms with Gasteiger partial charge in [-0.05, 0) is 5.56 Å². The molecule has 2 amide bonds. The van der Waals surface area contributed by atoms with Crippen LogP contribution < -0.4 is 5.73 Å². The van der Waals surface area contributed by atoms with E-state index in [2.05, 4.69) is 0 Å². The molecule has 5 heteroatoms. The molecule has 92 valence electrons. The predicted octanol–water partition coefficient (Wildman–Crippen LogP) is -0.295. The van der Waals surface area contributed by atoms with Gasteiger partial charge in [0.05, 0.1) is 5.92 Å². The summed E-state index contributed by atoms with van der Waals surface area (Å²) in [5.41, 5.74) is 5.77. The summed E-state index contributed by atoms with van der Waals surface area (Å²) < 4.78 is 0. The van der Waals surface area contributed by atoms with E-state index >= 15 is 0 Å². The van der Waals surface area contributed by atoms with Crippen molar-refractivity contribution in [1.82, 2.24) is 4.90 Å². The first-order valence-corrected chi connectivity index (χ1v) is 5.18. The summed E-state index contributed by atoms with van der Waals surface area (Å²) in [5.74, 6) is -2.29. The van der Waals surface area contributed by atoms with E-state index in [1.807, 2.05) is 0 Å². The molecular weight excluding hydrogens is 220 g/mol. The number of rotatable bonds is 4. The predicted molar refractivity (Wildman–Crippen MR) is 63.1 cm³/mol. The van der Waals surface area contributed by atoms with Crippen molar-refractivity contribution >= 4 is 11.8 Å². The largest absolute Gasteiger partial charge is 0.382 e. The summed E-state index contributed by atoms with van der Waals surface area (Å²) in [7, 11) is 3.02. The number of likely N-dealkylation sites (N-methyl/N-ethyl adjacent to an activating group) is 1. The van der Waals surface area contributed by atoms with Crippen molar-refractivity contribution in [3.05, 3.63) is 35.9 Å². The van der Waals surface area contributed by atoms with Crippen molar-refractivity contribution in [3.8, 4) is 0 Å². The lowest BCUT2D eigenvalue weighted by Gasteiger charge is -2.22. The Kier molecular flexibility index (Phi) is 4.23. The molecule has 0 saturated heterocycles. The van der Waals surface area contributed by atoms with Crippen LogP contribution in [-0.4, -0.2) is 42.0 Å². The molecule has 0 radical (unpaired) electrons. The molecule has 0 bridgehead atoms. The Hall–Kier alpha value is -1.88. The van der Waals surface area contributed by atoms with E-state index in [0.717, 1.165) is 0 Å². The Labute approximate surface area is 99.8 Å². The number of nitrogens with zero attached hydrogens (tertiary/aromatic N) is 1. The normalized spacial score (nSPS) is 13.8. The van der Waals surface area contributed by atoms with E-state index in [-0.39, 0.29) is 0 Å². The summed E-state index contributed by atoms with van der Waals surface area (Å²) in [6, 6.07) is 8.53. The van der Waals surface area contributed by atoms with E-state index in [0.29, 0.717) is 5.56 Å². The molecule has 0 saturated carbocycles. The van der Waals surface area contributed by atoms with Crippen LogP contribution in [0.3, 0.4) is 0 Å². The van der Waals surface area contributed by atoms with Crippen molar-refractivity contribution in [3.63, 3.8) is 0 Å². The van der Waals surface area contributed by atoms with Crippen LogP contribution in [0.15, 0.2) is 30.3 Å². The average Bonchev–Trinajstić information content (AvgIpc) is 2.28. The van der Waals surface area contributed by atoms with Crippen molar-refractivity contribution in [2.24, 2.45) is 5.73 Å². The molecular formula is C12H16N2O3. The highest BCUT2D eigenvalue weighted by Crippen LogP contribution is 2.20. The second-order valence-corrected chi connectivity index (χ2v) is 3.97. The van der Waals surface area contributed by atoms with Crippen molar-refractivity contribution in [1.29, 1.82) is 0 Å². The molecule has 1 aromatic rings. The van der Waals surface area contributed by atoms with Gasteiger partial charge in [-0.3, -0.25) is 9.59 Å². The summed E-state index contributed by atoms with van der Waals surface area (Å²) in [5, 5.41) is 9.88. The summed E-state index contributed by atoms with van der Waals surface area (Å²) in [4.78, 5) is 24.2. The fourth-order valence-electron chi connectivity index (χ4n) is 1.57. The third-order valence-electron chi connectivity index (χ3n) is 2.47. The van der Waals surface area contributed by atoms with Gasteiger partial charge in [0.25, 0.3) is 5.91 Å². The van der Waals surface area contributed by atoms with Crippen LogP contribution in [0, 0.1) is 0 Å². The standard InChI is InChI=1S/C12H16N2O3/c1-14(2)12(17)10(15)9(11(13)16)8-6-4-3-5-7-8/h3-7,9-10,15H,1-2H3,(H2,13,16). The lowest BCUT2D eigenvalue weighted by molar-refractivity contribution is -0.142. The molecule has 1 rings (SSSR count). The zero-order valence-corrected chi connectivity index (χ0v) is 9.83. The minimum absolute atomic E-state index is 0.530. The molecule has 0 fully saturated rings. The maximum atomic E-state index is 11.6. The molecule has 0 aliphatic carbocycles. The van der Waals surface area contributed by atoms with E-state index in [9.17, 15) is 14.7 Å². The Morgan fingerprint density at radius 2 is 1.76 bits per heavy atom. The molecule has 1 aromatic carbocycles. The van der Waals surface area contributed by atoms with Gasteiger partial charge in [0.15, 0.2) is 0 Å². The molecule has 2 atom stereocenters. The van der Waals surface area contributed by atoms with Gasteiger partial charge < -0.3 is 15.7 Å². The first-order valence-electron chi connectivity index (χ1n) is 5.18. The molecule has 5 nitrogen and oxygen atoms in total. The molecule has 3 N–H and O–H groups in total. The van der Waals surface area contributed by atoms with Crippen molar-refractivity contribution in [2.45, 2.75) is 12.0 Å². The van der Waals surface area contributed by atoms with Crippen LogP contribution in [0.25, 0.3) is 0 Å². The van der Waals surface area contributed by atoms with E-state index < -0.39 is 23.8 Å². The average molecular weight is 236 g/mol. The van der Waals surface area contributed by atoms with Gasteiger partial charge in [0.1, 0.15) is 6.10 Å². The Morgan fingerprint density at radius 1 is 1.24 bits per heavy atom. The smallest absolute Gasteiger partial charge is 0.252 e. The second kappa shape index (κ2) is 5.45. The minimum Gasteiger partial charge on any atom is -0.382 e. The number of hydrogen-bond donors (Lipinski definition) is 2. The zero-order chi connectivity index (χ0) is 13.0. The van der Waals surface area contributed by atoms with Crippen LogP contribution in [0.5, 0.6) is 0 Å². The van der Waals surface area contributed by atoms with E-state index in [1.54, 1.807) is 30.3 Å². The lowest BCUT2D eigenvalue weighted by Crippen LogP contribution is -2.42. The first kappa shape index (κ1) is 13.2. The number of amides is 2. The Bertz CT molecular complexity index is 403. The van der Waals surface area contributed by atoms with Gasteiger partial charge in [-0.15, -0.1) is 0 Å². The van der Waals surface area contributed by atoms with Gasteiger partial charge >= 0.3 is 0 Å². The van der Waals surface area contributed by atoms with E-state index in [1.165, 1.54) is 19.0 Å². The maximum Gasteiger partial charge on any atom is 0.252 e. The van der Waals surface area contributed by atoms with Gasteiger partial charge in [-0.2, -0.15) is 0 Å². The molecule has 17 heavy (non-hydrogen) atoms. The highest BCUT2D eigenvalue weighted by atomic mass is 16.3. The first-order chi connectivity index (χ1) is 7.95. The highest BCUT2D eigenvalue weighted by molar-refractivity contribution is 5.91. The topological polar surface area (TPSA) is 83.6 Å². The number of hydrogen-bond acceptors (Lipinski definition) is 3. The lowest BCUT2D eigenvalue weighted by atomic mass is 9.92. The number of aliphatic hydroxyl groups is 1. The number of aliphatic hydroxyl groups excluding tert-OH is 1. The van der Waals surface area contributed by atoms with Crippen LogP contribution in [0.4, 0.5) is 0 Å². The second-order valence-electron chi connectivity index (χ2n) is 3.97. The van der Waals surface area contributed by atoms with Gasteiger partial charge in [-0.1, -0.05) is 30.3 Å². The number of primary amides is 1. The zero-order valence-electron chi connectivity index (χ0n) is 9.83. The Balaban J connectivity index is 3.03. The molecule has 0 heterocycles. The van der Waals surface area contributed by atoms with Crippen LogP contribution in [0.1, 0.15) is 11.5 Å². The number of carbonyl (C=O) groups is 2. The number of nitrogens with two attached hydrogens (primary N) is 1. The molecule has 0 aromatic heterocycles. The molecule has 0 aliphatic rings. The van der Waals surface area contributed by atoms with Crippen LogP contribution in [-0.2, 0) is 9.59 Å². The minimum atomic E-state index is -1.45. The number of benzene rings is 1. The van der Waals surface area contributed by atoms with Crippen molar-refractivity contribution < 1.29 is 14.7 Å².